The fraction of sp³-hybridized carbons (Fsp3) is 0.682. The van der Waals surface area contributed by atoms with E-state index in [1.807, 2.05) is 5.32 Å². The Bertz CT molecular complexity index is 1160. The van der Waals surface area contributed by atoms with E-state index in [9.17, 15) is 37.2 Å². The van der Waals surface area contributed by atoms with Crippen molar-refractivity contribution >= 4 is 51.6 Å². The molecule has 0 aliphatic carbocycles. The number of nitrogens with two attached hydrogens (primary N) is 4. The Hall–Kier alpha value is -4.12. The van der Waals surface area contributed by atoms with Gasteiger partial charge in [-0.15, -0.1) is 0 Å². The average molecular weight is 656 g/mol. The number of hydrogen-bond acceptors (Lipinski definition) is 12. The van der Waals surface area contributed by atoms with Crippen molar-refractivity contribution in [3.63, 3.8) is 0 Å². The molecule has 44 heavy (non-hydrogen) atoms. The van der Waals surface area contributed by atoms with Gasteiger partial charge < -0.3 is 59.1 Å². The molecule has 252 valence electrons. The number of nitrogens with one attached hydrogen (secondary N) is 3. The number of hydrogen-bond donors (Lipinski definition) is 11. The molecule has 4 unspecified atom stereocenters. The van der Waals surface area contributed by atoms with E-state index < -0.39 is 88.3 Å². The van der Waals surface area contributed by atoms with Crippen LogP contribution in [-0.4, -0.2) is 137 Å². The van der Waals surface area contributed by atoms with Gasteiger partial charge in [-0.3, -0.25) is 28.7 Å². The number of aliphatic hydroxyl groups excluding tert-OH is 1. The fourth-order valence-corrected chi connectivity index (χ4v) is 4.28. The molecular weight excluding hydrogens is 614 g/mol. The summed E-state index contributed by atoms with van der Waals surface area (Å²) >= 11 is 0. The van der Waals surface area contributed by atoms with Gasteiger partial charge >= 0.3 is 11.9 Å². The Kier molecular flexibility index (Phi) is 17.4. The number of aliphatic imine (C=N–C) groups is 1. The fourth-order valence-electron chi connectivity index (χ4n) is 3.63. The van der Waals surface area contributed by atoms with E-state index in [2.05, 4.69) is 15.6 Å². The van der Waals surface area contributed by atoms with Crippen molar-refractivity contribution < 1.29 is 57.1 Å². The third-order valence-electron chi connectivity index (χ3n) is 5.84. The number of carbonyl (C=O) groups excluding carboxylic acids is 4. The van der Waals surface area contributed by atoms with E-state index in [0.717, 1.165) is 0 Å². The zero-order valence-corrected chi connectivity index (χ0v) is 24.7. The molecule has 0 bridgehead atoms. The average Bonchev–Trinajstić information content (AvgIpc) is 3.42. The van der Waals surface area contributed by atoms with Crippen LogP contribution in [0.1, 0.15) is 32.6 Å². The van der Waals surface area contributed by atoms with E-state index in [0.29, 0.717) is 25.8 Å². The molecule has 0 spiro atoms. The number of nitrogens with zero attached hydrogens (tertiary/aromatic N) is 2. The van der Waals surface area contributed by atoms with Gasteiger partial charge in [0.2, 0.25) is 23.6 Å². The Morgan fingerprint density at radius 1 is 1.05 bits per heavy atom. The summed E-state index contributed by atoms with van der Waals surface area (Å²) in [7, 11) is -4.66. The molecule has 0 aromatic heterocycles. The number of aliphatic carboxylic acids is 2. The molecule has 1 heterocycles. The van der Waals surface area contributed by atoms with E-state index in [1.54, 1.807) is 0 Å². The summed E-state index contributed by atoms with van der Waals surface area (Å²) in [6.07, 6.45) is 0.564. The summed E-state index contributed by atoms with van der Waals surface area (Å²) in [6.45, 7) is 0.900. The van der Waals surface area contributed by atoms with Gasteiger partial charge in [-0.2, -0.15) is 8.42 Å². The SMILES string of the molecule is CC(O)C(N)C(=O)N1CCC[C@H]1C(=O)O.NCC(=O)NC(CCCN=C(N)N)C(=O)NCC(=O)NC(CS(=O)(=O)O)C(=O)O. The molecule has 4 amide bonds. The number of guanidine groups is 1. The second kappa shape index (κ2) is 19.2. The van der Waals surface area contributed by atoms with E-state index in [1.165, 1.54) is 11.8 Å². The monoisotopic (exact) mass is 655 g/mol. The first-order valence-electron chi connectivity index (χ1n) is 13.1. The van der Waals surface area contributed by atoms with Crippen LogP contribution in [0.3, 0.4) is 0 Å². The van der Waals surface area contributed by atoms with Gasteiger partial charge in [0.25, 0.3) is 10.1 Å². The van der Waals surface area contributed by atoms with Crippen LogP contribution in [0.15, 0.2) is 4.99 Å². The Morgan fingerprint density at radius 3 is 2.11 bits per heavy atom. The molecule has 21 nitrogen and oxygen atoms in total. The highest BCUT2D eigenvalue weighted by Crippen LogP contribution is 2.18. The molecule has 1 rings (SSSR count). The predicted octanol–water partition coefficient (Wildman–Crippen LogP) is -6.17. The molecule has 22 heteroatoms. The first kappa shape index (κ1) is 39.9. The maximum atomic E-state index is 12.2. The second-order valence-electron chi connectivity index (χ2n) is 9.49. The molecule has 1 aliphatic heterocycles. The number of rotatable bonds is 16. The molecule has 1 fully saturated rings. The highest BCUT2D eigenvalue weighted by atomic mass is 32.2. The summed E-state index contributed by atoms with van der Waals surface area (Å²) < 4.78 is 30.3. The van der Waals surface area contributed by atoms with Gasteiger partial charge in [-0.25, -0.2) is 9.59 Å². The zero-order chi connectivity index (χ0) is 34.2. The highest BCUT2D eigenvalue weighted by Gasteiger charge is 2.37. The van der Waals surface area contributed by atoms with E-state index in [4.69, 9.17) is 42.8 Å². The van der Waals surface area contributed by atoms with Crippen molar-refractivity contribution in [2.45, 2.75) is 62.9 Å². The van der Waals surface area contributed by atoms with E-state index >= 15 is 0 Å². The zero-order valence-electron chi connectivity index (χ0n) is 23.9. The molecule has 0 aromatic rings. The minimum absolute atomic E-state index is 0.108. The Balaban J connectivity index is 0.00000103. The lowest BCUT2D eigenvalue weighted by atomic mass is 10.1. The van der Waals surface area contributed by atoms with Crippen LogP contribution in [0.4, 0.5) is 0 Å². The number of amides is 4. The van der Waals surface area contributed by atoms with Gasteiger partial charge in [0.15, 0.2) is 5.96 Å². The van der Waals surface area contributed by atoms with Crippen LogP contribution in [0.2, 0.25) is 0 Å². The third kappa shape index (κ3) is 15.9. The molecule has 0 radical (unpaired) electrons. The third-order valence-corrected chi connectivity index (χ3v) is 6.60. The van der Waals surface area contributed by atoms with Crippen LogP contribution >= 0.6 is 0 Å². The van der Waals surface area contributed by atoms with Crippen molar-refractivity contribution in [3.8, 4) is 0 Å². The molecule has 1 aliphatic rings. The highest BCUT2D eigenvalue weighted by molar-refractivity contribution is 7.85. The first-order chi connectivity index (χ1) is 20.3. The smallest absolute Gasteiger partial charge is 0.327 e. The molecular formula is C22H41N9O12S. The van der Waals surface area contributed by atoms with Crippen molar-refractivity contribution in [1.29, 1.82) is 0 Å². The molecule has 0 aromatic carbocycles. The number of carboxylic acid groups (broad SMARTS) is 2. The van der Waals surface area contributed by atoms with Gasteiger partial charge in [-0.05, 0) is 32.6 Å². The minimum Gasteiger partial charge on any atom is -0.480 e. The van der Waals surface area contributed by atoms with Gasteiger partial charge in [0, 0.05) is 13.1 Å². The standard InChI is InChI=1S/C13H25N7O8S.C9H16N2O4/c14-4-9(21)19-7(2-1-3-17-13(15)16)11(23)18-5-10(22)20-8(12(24)25)6-29(26,27)28;1-5(12)7(10)8(13)11-4-2-3-6(11)9(14)15/h7-8H,1-6,14H2,(H,18,23)(H,19,21)(H,20,22)(H,24,25)(H4,15,16,17)(H,26,27,28);5-7,12H,2-4,10H2,1H3,(H,14,15)/t;5?,6-,7?/m.0/s1. The lowest BCUT2D eigenvalue weighted by Gasteiger charge is -2.25. The van der Waals surface area contributed by atoms with Crippen LogP contribution in [0, 0.1) is 0 Å². The Labute approximate surface area is 252 Å². The van der Waals surface area contributed by atoms with Crippen LogP contribution in [0.25, 0.3) is 0 Å². The number of carbonyl (C=O) groups is 6. The summed E-state index contributed by atoms with van der Waals surface area (Å²) in [5.74, 6) is -7.03. The maximum absolute atomic E-state index is 12.2. The molecule has 0 saturated carbocycles. The largest absolute Gasteiger partial charge is 0.480 e. The van der Waals surface area contributed by atoms with Crippen molar-refractivity contribution in [3.05, 3.63) is 0 Å². The van der Waals surface area contributed by atoms with Crippen molar-refractivity contribution in [1.82, 2.24) is 20.9 Å². The quantitative estimate of drug-likeness (QED) is 0.0319. The summed E-state index contributed by atoms with van der Waals surface area (Å²) in [4.78, 5) is 73.8. The topological polar surface area (TPSA) is 373 Å². The molecule has 5 atom stereocenters. The van der Waals surface area contributed by atoms with Gasteiger partial charge in [-0.1, -0.05) is 0 Å². The van der Waals surface area contributed by atoms with Crippen molar-refractivity contribution in [2.75, 3.05) is 31.9 Å². The number of likely N-dealkylation sites (tertiary alicyclic amines) is 1. The summed E-state index contributed by atoms with van der Waals surface area (Å²) in [5, 5.41) is 33.2. The summed E-state index contributed by atoms with van der Waals surface area (Å²) in [6, 6.07) is -4.81. The minimum atomic E-state index is -4.66. The summed E-state index contributed by atoms with van der Waals surface area (Å²) in [5.41, 5.74) is 21.0. The maximum Gasteiger partial charge on any atom is 0.327 e. The number of aliphatic hydroxyl groups is 1. The van der Waals surface area contributed by atoms with Gasteiger partial charge in [0.1, 0.15) is 29.9 Å². The van der Waals surface area contributed by atoms with Crippen LogP contribution in [-0.2, 0) is 38.9 Å². The predicted molar refractivity (Wildman–Crippen MR) is 152 cm³/mol. The first-order valence-corrected chi connectivity index (χ1v) is 14.7. The second-order valence-corrected chi connectivity index (χ2v) is 11.0. The normalized spacial score (nSPS) is 17.0. The van der Waals surface area contributed by atoms with Gasteiger partial charge in [0.05, 0.1) is 19.2 Å². The van der Waals surface area contributed by atoms with Crippen LogP contribution < -0.4 is 38.9 Å². The molecule has 15 N–H and O–H groups in total. The lowest BCUT2D eigenvalue weighted by molar-refractivity contribution is -0.149. The van der Waals surface area contributed by atoms with Crippen LogP contribution in [0.5, 0.6) is 0 Å². The van der Waals surface area contributed by atoms with Crippen molar-refractivity contribution in [2.24, 2.45) is 27.9 Å². The Morgan fingerprint density at radius 2 is 1.64 bits per heavy atom. The lowest BCUT2D eigenvalue weighted by Crippen LogP contribution is -2.52. The number of carboxylic acids is 2. The van der Waals surface area contributed by atoms with E-state index in [-0.39, 0.29) is 25.5 Å². The molecule has 1 saturated heterocycles.